The molecule has 0 unspecified atom stereocenters. The molecule has 1 aromatic heterocycles. The van der Waals surface area contributed by atoms with Gasteiger partial charge in [-0.2, -0.15) is 0 Å². The molecule has 21 heavy (non-hydrogen) atoms. The van der Waals surface area contributed by atoms with Crippen LogP contribution in [0.25, 0.3) is 0 Å². The van der Waals surface area contributed by atoms with Crippen LogP contribution in [0.5, 0.6) is 0 Å². The van der Waals surface area contributed by atoms with Gasteiger partial charge in [0.05, 0.1) is 11.4 Å². The van der Waals surface area contributed by atoms with Crippen molar-refractivity contribution in [3.05, 3.63) is 58.6 Å². The molecule has 4 heteroatoms. The molecule has 0 spiro atoms. The summed E-state index contributed by atoms with van der Waals surface area (Å²) in [5, 5.41) is 0.807. The van der Waals surface area contributed by atoms with Gasteiger partial charge in [0.1, 0.15) is 0 Å². The van der Waals surface area contributed by atoms with Crippen molar-refractivity contribution in [3.63, 3.8) is 0 Å². The first-order chi connectivity index (χ1) is 10.2. The summed E-state index contributed by atoms with van der Waals surface area (Å²) in [6.07, 6.45) is 6.21. The summed E-state index contributed by atoms with van der Waals surface area (Å²) in [4.78, 5) is 11.3. The van der Waals surface area contributed by atoms with Gasteiger partial charge in [-0.15, -0.1) is 0 Å². The third kappa shape index (κ3) is 3.80. The Morgan fingerprint density at radius 1 is 1.19 bits per heavy atom. The van der Waals surface area contributed by atoms with E-state index in [2.05, 4.69) is 27.0 Å². The lowest BCUT2D eigenvalue weighted by atomic mass is 9.90. The second kappa shape index (κ2) is 6.54. The zero-order valence-corrected chi connectivity index (χ0v) is 13.1. The van der Waals surface area contributed by atoms with Gasteiger partial charge in [-0.1, -0.05) is 23.7 Å². The summed E-state index contributed by atoms with van der Waals surface area (Å²) in [5.74, 6) is 0.592. The van der Waals surface area contributed by atoms with Gasteiger partial charge < -0.3 is 0 Å². The molecule has 110 valence electrons. The summed E-state index contributed by atoms with van der Waals surface area (Å²) in [7, 11) is 0. The number of aromatic nitrogens is 2. The number of aryl methyl sites for hydroxylation is 1. The predicted octanol–water partition coefficient (Wildman–Crippen LogP) is 3.82. The molecule has 1 atom stereocenters. The third-order valence-corrected chi connectivity index (χ3v) is 4.32. The van der Waals surface area contributed by atoms with Crippen LogP contribution in [0.15, 0.2) is 36.7 Å². The molecular weight excluding hydrogens is 282 g/mol. The molecule has 1 aliphatic rings. The standard InChI is InChI=1S/C17H20ClN3/c1-13-9-20-17(10-19-13)12-21-8-2-3-15(11-21)14-4-6-16(18)7-5-14/h4-7,9-10,15H,2-3,8,11-12H2,1H3/t15-/m1/s1. The van der Waals surface area contributed by atoms with Crippen molar-refractivity contribution in [1.29, 1.82) is 0 Å². The zero-order valence-electron chi connectivity index (χ0n) is 12.3. The van der Waals surface area contributed by atoms with Crippen LogP contribution in [-0.4, -0.2) is 28.0 Å². The average molecular weight is 302 g/mol. The Balaban J connectivity index is 1.65. The molecule has 2 aromatic rings. The fourth-order valence-electron chi connectivity index (χ4n) is 2.94. The van der Waals surface area contributed by atoms with Crippen molar-refractivity contribution in [2.75, 3.05) is 13.1 Å². The van der Waals surface area contributed by atoms with Crippen molar-refractivity contribution < 1.29 is 0 Å². The van der Waals surface area contributed by atoms with Gasteiger partial charge in [0, 0.05) is 30.5 Å². The second-order valence-electron chi connectivity index (χ2n) is 5.77. The summed E-state index contributed by atoms with van der Waals surface area (Å²) >= 11 is 5.97. The molecule has 0 saturated carbocycles. The largest absolute Gasteiger partial charge is 0.297 e. The Bertz CT molecular complexity index is 580. The lowest BCUT2D eigenvalue weighted by Crippen LogP contribution is -2.34. The van der Waals surface area contributed by atoms with Crippen LogP contribution < -0.4 is 0 Å². The van der Waals surface area contributed by atoms with E-state index in [9.17, 15) is 0 Å². The molecule has 1 saturated heterocycles. The van der Waals surface area contributed by atoms with E-state index >= 15 is 0 Å². The topological polar surface area (TPSA) is 29.0 Å². The molecule has 1 aliphatic heterocycles. The van der Waals surface area contributed by atoms with Crippen LogP contribution in [0, 0.1) is 6.92 Å². The highest BCUT2D eigenvalue weighted by molar-refractivity contribution is 6.30. The monoisotopic (exact) mass is 301 g/mol. The third-order valence-electron chi connectivity index (χ3n) is 4.07. The van der Waals surface area contributed by atoms with Crippen LogP contribution >= 0.6 is 11.6 Å². The maximum Gasteiger partial charge on any atom is 0.0727 e. The van der Waals surface area contributed by atoms with Crippen molar-refractivity contribution in [3.8, 4) is 0 Å². The van der Waals surface area contributed by atoms with E-state index in [4.69, 9.17) is 11.6 Å². The Morgan fingerprint density at radius 3 is 2.71 bits per heavy atom. The Kier molecular flexibility index (Phi) is 4.51. The van der Waals surface area contributed by atoms with E-state index in [0.29, 0.717) is 5.92 Å². The van der Waals surface area contributed by atoms with Crippen molar-refractivity contribution >= 4 is 11.6 Å². The van der Waals surface area contributed by atoms with Gasteiger partial charge in [0.2, 0.25) is 0 Å². The predicted molar refractivity (Wildman–Crippen MR) is 85.5 cm³/mol. The molecule has 1 fully saturated rings. The quantitative estimate of drug-likeness (QED) is 0.863. The Labute approximate surface area is 131 Å². The Morgan fingerprint density at radius 2 is 2.00 bits per heavy atom. The summed E-state index contributed by atoms with van der Waals surface area (Å²) in [5.41, 5.74) is 3.41. The minimum atomic E-state index is 0.592. The normalized spacial score (nSPS) is 19.6. The first kappa shape index (κ1) is 14.5. The van der Waals surface area contributed by atoms with Crippen molar-refractivity contribution in [1.82, 2.24) is 14.9 Å². The highest BCUT2D eigenvalue weighted by Crippen LogP contribution is 2.28. The van der Waals surface area contributed by atoms with E-state index in [1.807, 2.05) is 31.5 Å². The van der Waals surface area contributed by atoms with E-state index in [1.54, 1.807) is 0 Å². The van der Waals surface area contributed by atoms with E-state index in [1.165, 1.54) is 18.4 Å². The number of benzene rings is 1. The lowest BCUT2D eigenvalue weighted by molar-refractivity contribution is 0.198. The highest BCUT2D eigenvalue weighted by Gasteiger charge is 2.21. The zero-order chi connectivity index (χ0) is 14.7. The minimum Gasteiger partial charge on any atom is -0.297 e. The molecule has 0 aliphatic carbocycles. The van der Waals surface area contributed by atoms with Gasteiger partial charge in [-0.05, 0) is 49.9 Å². The van der Waals surface area contributed by atoms with Gasteiger partial charge in [0.25, 0.3) is 0 Å². The average Bonchev–Trinajstić information content (AvgIpc) is 2.51. The van der Waals surface area contributed by atoms with E-state index in [0.717, 1.165) is 36.0 Å². The maximum absolute atomic E-state index is 5.97. The highest BCUT2D eigenvalue weighted by atomic mass is 35.5. The fourth-order valence-corrected chi connectivity index (χ4v) is 3.06. The minimum absolute atomic E-state index is 0.592. The fraction of sp³-hybridized carbons (Fsp3) is 0.412. The maximum atomic E-state index is 5.97. The van der Waals surface area contributed by atoms with Gasteiger partial charge >= 0.3 is 0 Å². The summed E-state index contributed by atoms with van der Waals surface area (Å²) < 4.78 is 0. The SMILES string of the molecule is Cc1cnc(CN2CCC[C@@H](c3ccc(Cl)cc3)C2)cn1. The van der Waals surface area contributed by atoms with Crippen LogP contribution in [-0.2, 0) is 6.54 Å². The smallest absolute Gasteiger partial charge is 0.0727 e. The van der Waals surface area contributed by atoms with Crippen LogP contribution in [0.3, 0.4) is 0 Å². The lowest BCUT2D eigenvalue weighted by Gasteiger charge is -2.32. The summed E-state index contributed by atoms with van der Waals surface area (Å²) in [6, 6.07) is 8.28. The van der Waals surface area contributed by atoms with E-state index < -0.39 is 0 Å². The van der Waals surface area contributed by atoms with Crippen molar-refractivity contribution in [2.45, 2.75) is 32.2 Å². The van der Waals surface area contributed by atoms with Crippen LogP contribution in [0.1, 0.15) is 35.7 Å². The second-order valence-corrected chi connectivity index (χ2v) is 6.21. The van der Waals surface area contributed by atoms with Gasteiger partial charge in [-0.3, -0.25) is 14.9 Å². The number of nitrogens with zero attached hydrogens (tertiary/aromatic N) is 3. The number of likely N-dealkylation sites (tertiary alicyclic amines) is 1. The Hall–Kier alpha value is -1.45. The molecule has 2 heterocycles. The molecule has 3 nitrogen and oxygen atoms in total. The van der Waals surface area contributed by atoms with Gasteiger partial charge in [0.15, 0.2) is 0 Å². The summed E-state index contributed by atoms with van der Waals surface area (Å²) in [6.45, 7) is 5.07. The number of hydrogen-bond acceptors (Lipinski definition) is 3. The molecule has 0 bridgehead atoms. The number of rotatable bonds is 3. The number of piperidine rings is 1. The molecule has 0 radical (unpaired) electrons. The first-order valence-corrected chi connectivity index (χ1v) is 7.84. The molecular formula is C17H20ClN3. The van der Waals surface area contributed by atoms with Crippen LogP contribution in [0.2, 0.25) is 5.02 Å². The van der Waals surface area contributed by atoms with E-state index in [-0.39, 0.29) is 0 Å². The molecule has 0 N–H and O–H groups in total. The van der Waals surface area contributed by atoms with Gasteiger partial charge in [-0.25, -0.2) is 0 Å². The van der Waals surface area contributed by atoms with Crippen molar-refractivity contribution in [2.24, 2.45) is 0 Å². The molecule has 3 rings (SSSR count). The number of hydrogen-bond donors (Lipinski definition) is 0. The molecule has 0 amide bonds. The number of halogens is 1. The van der Waals surface area contributed by atoms with Crippen LogP contribution in [0.4, 0.5) is 0 Å². The molecule has 1 aromatic carbocycles. The first-order valence-electron chi connectivity index (χ1n) is 7.46.